The van der Waals surface area contributed by atoms with Crippen molar-refractivity contribution in [3.05, 3.63) is 81.1 Å². The normalized spacial score (nSPS) is 11.3. The van der Waals surface area contributed by atoms with Crippen molar-refractivity contribution in [2.24, 2.45) is 0 Å². The van der Waals surface area contributed by atoms with Gasteiger partial charge in [-0.15, -0.1) is 0 Å². The number of fused-ring (bicyclic) bond motifs is 1. The summed E-state index contributed by atoms with van der Waals surface area (Å²) in [7, 11) is 0. The molecule has 0 aliphatic carbocycles. The van der Waals surface area contributed by atoms with Crippen molar-refractivity contribution < 1.29 is 4.79 Å². The van der Waals surface area contributed by atoms with E-state index in [-0.39, 0.29) is 18.0 Å². The Morgan fingerprint density at radius 2 is 1.94 bits per heavy atom. The minimum Gasteiger partial charge on any atom is -0.322 e. The summed E-state index contributed by atoms with van der Waals surface area (Å²) < 4.78 is 1.82. The van der Waals surface area contributed by atoms with Crippen molar-refractivity contribution in [2.75, 3.05) is 18.4 Å². The summed E-state index contributed by atoms with van der Waals surface area (Å²) in [5.74, 6) is 0.315. The van der Waals surface area contributed by atoms with Crippen molar-refractivity contribution in [2.45, 2.75) is 27.3 Å². The number of rotatable bonds is 7. The number of hydrogen-bond donors (Lipinski definition) is 2. The molecule has 0 aliphatic rings. The van der Waals surface area contributed by atoms with Gasteiger partial charge >= 0.3 is 0 Å². The molecule has 0 fully saturated rings. The lowest BCUT2D eigenvalue weighted by molar-refractivity contribution is -0.117. The van der Waals surface area contributed by atoms with E-state index in [1.54, 1.807) is 18.2 Å². The molecule has 1 amide bonds. The highest BCUT2D eigenvalue weighted by Crippen LogP contribution is 2.23. The molecule has 8 nitrogen and oxygen atoms in total. The molecule has 170 valence electrons. The van der Waals surface area contributed by atoms with Gasteiger partial charge in [0.15, 0.2) is 0 Å². The molecule has 4 rings (SSSR count). The number of aryl methyl sites for hydroxylation is 1. The molecule has 2 N–H and O–H groups in total. The van der Waals surface area contributed by atoms with Gasteiger partial charge in [0.05, 0.1) is 46.8 Å². The summed E-state index contributed by atoms with van der Waals surface area (Å²) >= 11 is 6.05. The van der Waals surface area contributed by atoms with Crippen LogP contribution < -0.4 is 10.9 Å². The molecule has 33 heavy (non-hydrogen) atoms. The van der Waals surface area contributed by atoms with Gasteiger partial charge in [-0.1, -0.05) is 36.7 Å². The number of halogens is 1. The Bertz CT molecular complexity index is 1360. The monoisotopic (exact) mass is 464 g/mol. The predicted octanol–water partition coefficient (Wildman–Crippen LogP) is 3.84. The first-order chi connectivity index (χ1) is 15.9. The molecular formula is C24H25ClN6O2. The van der Waals surface area contributed by atoms with Crippen LogP contribution in [0, 0.1) is 13.8 Å². The van der Waals surface area contributed by atoms with Gasteiger partial charge < -0.3 is 10.3 Å². The molecule has 2 aromatic heterocycles. The lowest BCUT2D eigenvalue weighted by Gasteiger charge is -2.19. The van der Waals surface area contributed by atoms with Gasteiger partial charge in [-0.2, -0.15) is 5.10 Å². The molecule has 2 heterocycles. The first-order valence-electron chi connectivity index (χ1n) is 10.7. The average molecular weight is 465 g/mol. The minimum atomic E-state index is -0.230. The summed E-state index contributed by atoms with van der Waals surface area (Å²) in [5, 5.41) is 8.56. The van der Waals surface area contributed by atoms with E-state index in [0.717, 1.165) is 17.1 Å². The number of hydrogen-bond acceptors (Lipinski definition) is 5. The Balaban J connectivity index is 1.49. The molecule has 9 heteroatoms. The second-order valence-electron chi connectivity index (χ2n) is 7.82. The summed E-state index contributed by atoms with van der Waals surface area (Å²) in [6, 6.07) is 14.7. The fourth-order valence-electron chi connectivity index (χ4n) is 3.75. The standard InChI is InChI=1S/C24H25ClN6O2/c1-4-30(13-21-26-20-12-17(25)10-11-19(20)24(33)27-21)14-22(32)28-23-15(2)29-31(16(23)3)18-8-6-5-7-9-18/h5-12H,4,13-14H2,1-3H3,(H,28,32)(H,26,27,33). The third kappa shape index (κ3) is 4.97. The van der Waals surface area contributed by atoms with Gasteiger partial charge in [-0.25, -0.2) is 9.67 Å². The van der Waals surface area contributed by atoms with Crippen molar-refractivity contribution in [3.8, 4) is 5.69 Å². The number of carbonyl (C=O) groups is 1. The quantitative estimate of drug-likeness (QED) is 0.433. The van der Waals surface area contributed by atoms with E-state index in [9.17, 15) is 9.59 Å². The van der Waals surface area contributed by atoms with E-state index in [1.165, 1.54) is 0 Å². The maximum atomic E-state index is 12.8. The van der Waals surface area contributed by atoms with Gasteiger partial charge in [0.25, 0.3) is 5.56 Å². The first kappa shape index (κ1) is 22.7. The Labute approximate surface area is 196 Å². The van der Waals surface area contributed by atoms with Crippen LogP contribution in [-0.2, 0) is 11.3 Å². The lowest BCUT2D eigenvalue weighted by Crippen LogP contribution is -2.34. The highest BCUT2D eigenvalue weighted by atomic mass is 35.5. The maximum Gasteiger partial charge on any atom is 0.258 e. The van der Waals surface area contributed by atoms with Crippen LogP contribution >= 0.6 is 11.6 Å². The van der Waals surface area contributed by atoms with Crippen LogP contribution in [0.4, 0.5) is 5.69 Å². The Morgan fingerprint density at radius 1 is 1.18 bits per heavy atom. The lowest BCUT2D eigenvalue weighted by atomic mass is 10.2. The molecule has 0 spiro atoms. The van der Waals surface area contributed by atoms with Crippen LogP contribution in [-0.4, -0.2) is 43.6 Å². The van der Waals surface area contributed by atoms with E-state index < -0.39 is 0 Å². The summed E-state index contributed by atoms with van der Waals surface area (Å²) in [4.78, 5) is 34.5. The number of H-pyrrole nitrogens is 1. The molecular weight excluding hydrogens is 440 g/mol. The van der Waals surface area contributed by atoms with Gasteiger partial charge in [0.2, 0.25) is 5.91 Å². The zero-order valence-corrected chi connectivity index (χ0v) is 19.5. The number of nitrogens with zero attached hydrogens (tertiary/aromatic N) is 4. The predicted molar refractivity (Wildman–Crippen MR) is 130 cm³/mol. The average Bonchev–Trinajstić information content (AvgIpc) is 3.07. The topological polar surface area (TPSA) is 95.9 Å². The Kier molecular flexibility index (Phi) is 6.57. The fourth-order valence-corrected chi connectivity index (χ4v) is 3.92. The summed E-state index contributed by atoms with van der Waals surface area (Å²) in [5.41, 5.74) is 3.53. The van der Waals surface area contributed by atoms with Gasteiger partial charge in [0, 0.05) is 5.02 Å². The van der Waals surface area contributed by atoms with Gasteiger partial charge in [-0.3, -0.25) is 14.5 Å². The molecule has 2 aromatic carbocycles. The van der Waals surface area contributed by atoms with E-state index in [1.807, 2.05) is 60.7 Å². The number of carbonyl (C=O) groups excluding carboxylic acids is 1. The number of anilines is 1. The third-order valence-corrected chi connectivity index (χ3v) is 5.70. The molecule has 0 bridgehead atoms. The number of aromatic nitrogens is 4. The van der Waals surface area contributed by atoms with E-state index in [4.69, 9.17) is 11.6 Å². The van der Waals surface area contributed by atoms with Crippen LogP contribution in [0.25, 0.3) is 16.6 Å². The van der Waals surface area contributed by atoms with E-state index in [2.05, 4.69) is 20.4 Å². The minimum absolute atomic E-state index is 0.142. The number of benzene rings is 2. The third-order valence-electron chi connectivity index (χ3n) is 5.46. The molecule has 0 saturated heterocycles. The second-order valence-corrected chi connectivity index (χ2v) is 8.26. The van der Waals surface area contributed by atoms with Crippen LogP contribution in [0.2, 0.25) is 5.02 Å². The number of amides is 1. The van der Waals surface area contributed by atoms with Crippen molar-refractivity contribution in [1.29, 1.82) is 0 Å². The molecule has 0 aliphatic heterocycles. The van der Waals surface area contributed by atoms with Gasteiger partial charge in [0.1, 0.15) is 5.82 Å². The van der Waals surface area contributed by atoms with Crippen molar-refractivity contribution >= 4 is 34.1 Å². The zero-order valence-electron chi connectivity index (χ0n) is 18.7. The molecule has 0 radical (unpaired) electrons. The van der Waals surface area contributed by atoms with E-state index in [0.29, 0.717) is 40.5 Å². The summed E-state index contributed by atoms with van der Waals surface area (Å²) in [6.45, 7) is 6.81. The highest BCUT2D eigenvalue weighted by Gasteiger charge is 2.17. The maximum absolute atomic E-state index is 12.8. The summed E-state index contributed by atoms with van der Waals surface area (Å²) in [6.07, 6.45) is 0. The Hall–Kier alpha value is -3.49. The molecule has 4 aromatic rings. The smallest absolute Gasteiger partial charge is 0.258 e. The van der Waals surface area contributed by atoms with Crippen molar-refractivity contribution in [3.63, 3.8) is 0 Å². The van der Waals surface area contributed by atoms with Crippen LogP contribution in [0.15, 0.2) is 53.3 Å². The fraction of sp³-hybridized carbons (Fsp3) is 0.250. The van der Waals surface area contributed by atoms with Crippen LogP contribution in [0.1, 0.15) is 24.1 Å². The van der Waals surface area contributed by atoms with Gasteiger partial charge in [-0.05, 0) is 50.7 Å². The SMILES string of the molecule is CCN(CC(=O)Nc1c(C)nn(-c2ccccc2)c1C)Cc1nc2cc(Cl)ccc2c(=O)[nH]1. The van der Waals surface area contributed by atoms with Crippen molar-refractivity contribution in [1.82, 2.24) is 24.6 Å². The molecule has 0 unspecified atom stereocenters. The molecule has 0 atom stereocenters. The Morgan fingerprint density at radius 3 is 2.67 bits per heavy atom. The number of para-hydroxylation sites is 1. The highest BCUT2D eigenvalue weighted by molar-refractivity contribution is 6.31. The second kappa shape index (κ2) is 9.56. The number of nitrogens with one attached hydrogen (secondary N) is 2. The number of aromatic amines is 1. The largest absolute Gasteiger partial charge is 0.322 e. The van der Waals surface area contributed by atoms with Crippen LogP contribution in [0.5, 0.6) is 0 Å². The van der Waals surface area contributed by atoms with E-state index >= 15 is 0 Å². The zero-order chi connectivity index (χ0) is 23.5. The first-order valence-corrected chi connectivity index (χ1v) is 11.1. The molecule has 0 saturated carbocycles. The van der Waals surface area contributed by atoms with Crippen LogP contribution in [0.3, 0.4) is 0 Å². The number of likely N-dealkylation sites (N-methyl/N-ethyl adjacent to an activating group) is 1.